The van der Waals surface area contributed by atoms with Crippen molar-refractivity contribution in [1.82, 2.24) is 14.3 Å². The van der Waals surface area contributed by atoms with Crippen molar-refractivity contribution >= 4 is 16.3 Å². The molecular formula is C13H20N4S. The molecule has 2 unspecified atom stereocenters. The summed E-state index contributed by atoms with van der Waals surface area (Å²) in [6.07, 6.45) is 8.01. The lowest BCUT2D eigenvalue weighted by Crippen LogP contribution is -2.48. The summed E-state index contributed by atoms with van der Waals surface area (Å²) < 4.78 is 2.10. The van der Waals surface area contributed by atoms with Crippen LogP contribution >= 0.6 is 11.3 Å². The number of nitrogens with zero attached hydrogens (tertiary/aromatic N) is 3. The Kier molecular flexibility index (Phi) is 3.37. The Morgan fingerprint density at radius 2 is 2.44 bits per heavy atom. The number of fused-ring (bicyclic) bond motifs is 1. The van der Waals surface area contributed by atoms with Crippen LogP contribution < -0.4 is 5.73 Å². The molecule has 0 amide bonds. The van der Waals surface area contributed by atoms with E-state index < -0.39 is 0 Å². The Morgan fingerprint density at radius 3 is 3.22 bits per heavy atom. The van der Waals surface area contributed by atoms with E-state index in [9.17, 15) is 0 Å². The highest BCUT2D eigenvalue weighted by Gasteiger charge is 2.25. The smallest absolute Gasteiger partial charge is 0.193 e. The van der Waals surface area contributed by atoms with Crippen molar-refractivity contribution in [2.24, 2.45) is 5.73 Å². The number of aromatic nitrogens is 2. The zero-order valence-electron chi connectivity index (χ0n) is 10.7. The summed E-state index contributed by atoms with van der Waals surface area (Å²) in [5, 5.41) is 2.07. The van der Waals surface area contributed by atoms with E-state index in [1.807, 2.05) is 0 Å². The molecule has 3 heterocycles. The third-order valence-electron chi connectivity index (χ3n) is 3.78. The van der Waals surface area contributed by atoms with Gasteiger partial charge in [0.1, 0.15) is 0 Å². The molecule has 3 rings (SSSR count). The van der Waals surface area contributed by atoms with Gasteiger partial charge in [-0.05, 0) is 26.3 Å². The van der Waals surface area contributed by atoms with Crippen molar-refractivity contribution < 1.29 is 0 Å². The highest BCUT2D eigenvalue weighted by atomic mass is 32.1. The molecule has 98 valence electrons. The lowest BCUT2D eigenvalue weighted by atomic mass is 9.97. The molecular weight excluding hydrogens is 244 g/mol. The molecule has 2 aromatic heterocycles. The van der Waals surface area contributed by atoms with Gasteiger partial charge in [0.15, 0.2) is 4.96 Å². The highest BCUT2D eigenvalue weighted by molar-refractivity contribution is 7.15. The number of hydrogen-bond donors (Lipinski definition) is 1. The van der Waals surface area contributed by atoms with Crippen LogP contribution in [0.3, 0.4) is 0 Å². The molecule has 0 bridgehead atoms. The van der Waals surface area contributed by atoms with Crippen molar-refractivity contribution in [3.05, 3.63) is 23.5 Å². The summed E-state index contributed by atoms with van der Waals surface area (Å²) in [4.78, 5) is 8.24. The first-order valence-corrected chi connectivity index (χ1v) is 7.53. The molecule has 2 N–H and O–H groups in total. The highest BCUT2D eigenvalue weighted by Crippen LogP contribution is 2.22. The van der Waals surface area contributed by atoms with Crippen LogP contribution in [0.2, 0.25) is 0 Å². The summed E-state index contributed by atoms with van der Waals surface area (Å²) in [6.45, 7) is 4.20. The van der Waals surface area contributed by atoms with Crippen LogP contribution in [0.4, 0.5) is 0 Å². The summed E-state index contributed by atoms with van der Waals surface area (Å²) in [5.41, 5.74) is 7.26. The van der Waals surface area contributed by atoms with Gasteiger partial charge in [0.25, 0.3) is 0 Å². The largest absolute Gasteiger partial charge is 0.327 e. The average molecular weight is 264 g/mol. The minimum atomic E-state index is 0.244. The van der Waals surface area contributed by atoms with Gasteiger partial charge in [-0.15, -0.1) is 11.3 Å². The number of imidazole rings is 1. The average Bonchev–Trinajstić information content (AvgIpc) is 2.90. The Labute approximate surface area is 111 Å². The second kappa shape index (κ2) is 4.99. The van der Waals surface area contributed by atoms with E-state index in [2.05, 4.69) is 39.0 Å². The Balaban J connectivity index is 1.75. The van der Waals surface area contributed by atoms with E-state index in [-0.39, 0.29) is 6.04 Å². The molecule has 0 saturated carbocycles. The van der Waals surface area contributed by atoms with Crippen LogP contribution in [0.1, 0.15) is 31.9 Å². The van der Waals surface area contributed by atoms with Crippen LogP contribution in [0.25, 0.3) is 4.96 Å². The molecule has 1 saturated heterocycles. The van der Waals surface area contributed by atoms with Gasteiger partial charge >= 0.3 is 0 Å². The summed E-state index contributed by atoms with van der Waals surface area (Å²) in [5.74, 6) is 0. The molecule has 0 radical (unpaired) electrons. The van der Waals surface area contributed by atoms with Crippen molar-refractivity contribution in [1.29, 1.82) is 0 Å². The van der Waals surface area contributed by atoms with E-state index in [0.29, 0.717) is 6.04 Å². The SMILES string of the molecule is CC(N)C1CCCCN1Cc1cn2ccsc2n1. The summed E-state index contributed by atoms with van der Waals surface area (Å²) >= 11 is 1.69. The van der Waals surface area contributed by atoms with E-state index >= 15 is 0 Å². The topological polar surface area (TPSA) is 46.6 Å². The van der Waals surface area contributed by atoms with Crippen LogP contribution in [0.15, 0.2) is 17.8 Å². The molecule has 1 fully saturated rings. The molecule has 4 nitrogen and oxygen atoms in total. The Morgan fingerprint density at radius 1 is 1.56 bits per heavy atom. The summed E-state index contributed by atoms with van der Waals surface area (Å²) in [6, 6.07) is 0.757. The zero-order chi connectivity index (χ0) is 12.5. The Bertz CT molecular complexity index is 487. The van der Waals surface area contributed by atoms with Gasteiger partial charge in [0.05, 0.1) is 5.69 Å². The second-order valence-electron chi connectivity index (χ2n) is 5.22. The van der Waals surface area contributed by atoms with Crippen molar-refractivity contribution in [3.63, 3.8) is 0 Å². The van der Waals surface area contributed by atoms with Gasteiger partial charge in [-0.2, -0.15) is 0 Å². The van der Waals surface area contributed by atoms with Crippen LogP contribution in [0, 0.1) is 0 Å². The minimum absolute atomic E-state index is 0.244. The van der Waals surface area contributed by atoms with Crippen molar-refractivity contribution in [3.8, 4) is 0 Å². The third kappa shape index (κ3) is 2.30. The van der Waals surface area contributed by atoms with Gasteiger partial charge in [-0.25, -0.2) is 4.98 Å². The van der Waals surface area contributed by atoms with Gasteiger partial charge < -0.3 is 5.73 Å². The van der Waals surface area contributed by atoms with E-state index in [0.717, 1.165) is 23.7 Å². The first-order chi connectivity index (χ1) is 8.74. The predicted octanol–water partition coefficient (Wildman–Crippen LogP) is 2.10. The minimum Gasteiger partial charge on any atom is -0.327 e. The van der Waals surface area contributed by atoms with Crippen molar-refractivity contribution in [2.75, 3.05) is 6.54 Å². The normalized spacial score (nSPS) is 23.6. The summed E-state index contributed by atoms with van der Waals surface area (Å²) in [7, 11) is 0. The van der Waals surface area contributed by atoms with Crippen LogP contribution in [-0.4, -0.2) is 32.9 Å². The van der Waals surface area contributed by atoms with E-state index in [4.69, 9.17) is 5.73 Å². The van der Waals surface area contributed by atoms with E-state index in [1.165, 1.54) is 19.3 Å². The fraction of sp³-hybridized carbons (Fsp3) is 0.615. The van der Waals surface area contributed by atoms with Gasteiger partial charge in [-0.1, -0.05) is 6.42 Å². The predicted molar refractivity (Wildman–Crippen MR) is 74.8 cm³/mol. The fourth-order valence-corrected chi connectivity index (χ4v) is 3.59. The lowest BCUT2D eigenvalue weighted by Gasteiger charge is -2.37. The quantitative estimate of drug-likeness (QED) is 0.923. The lowest BCUT2D eigenvalue weighted by molar-refractivity contribution is 0.121. The Hall–Kier alpha value is -0.910. The van der Waals surface area contributed by atoms with Gasteiger partial charge in [0, 0.05) is 36.4 Å². The number of thiazole rings is 1. The van der Waals surface area contributed by atoms with E-state index in [1.54, 1.807) is 11.3 Å². The number of likely N-dealkylation sites (tertiary alicyclic amines) is 1. The molecule has 1 aliphatic rings. The second-order valence-corrected chi connectivity index (χ2v) is 6.09. The number of nitrogens with two attached hydrogens (primary N) is 1. The molecule has 18 heavy (non-hydrogen) atoms. The molecule has 0 spiro atoms. The number of rotatable bonds is 3. The maximum atomic E-state index is 6.10. The molecule has 2 aromatic rings. The molecule has 5 heteroatoms. The van der Waals surface area contributed by atoms with Crippen LogP contribution in [-0.2, 0) is 6.54 Å². The number of hydrogen-bond acceptors (Lipinski definition) is 4. The van der Waals surface area contributed by atoms with Crippen molar-refractivity contribution in [2.45, 2.75) is 44.8 Å². The monoisotopic (exact) mass is 264 g/mol. The fourth-order valence-electron chi connectivity index (χ4n) is 2.87. The van der Waals surface area contributed by atoms with Gasteiger partial charge in [0.2, 0.25) is 0 Å². The molecule has 1 aliphatic heterocycles. The maximum absolute atomic E-state index is 6.10. The first-order valence-electron chi connectivity index (χ1n) is 6.65. The van der Waals surface area contributed by atoms with Gasteiger partial charge in [-0.3, -0.25) is 9.30 Å². The molecule has 0 aromatic carbocycles. The molecule has 2 atom stereocenters. The zero-order valence-corrected chi connectivity index (χ0v) is 11.6. The first kappa shape index (κ1) is 12.1. The molecule has 0 aliphatic carbocycles. The number of piperidine rings is 1. The van der Waals surface area contributed by atoms with Crippen LogP contribution in [0.5, 0.6) is 0 Å². The standard InChI is InChI=1S/C13H20N4S/c1-10(14)12-4-2-3-5-16(12)8-11-9-17-6-7-18-13(17)15-11/h6-7,9-10,12H,2-5,8,14H2,1H3. The third-order valence-corrected chi connectivity index (χ3v) is 4.55. The maximum Gasteiger partial charge on any atom is 0.193 e.